The number of amides is 3. The maximum atomic E-state index is 13.1. The van der Waals surface area contributed by atoms with Crippen molar-refractivity contribution in [3.63, 3.8) is 0 Å². The third kappa shape index (κ3) is 6.21. The summed E-state index contributed by atoms with van der Waals surface area (Å²) in [4.78, 5) is 41.7. The van der Waals surface area contributed by atoms with Gasteiger partial charge in [-0.15, -0.1) is 0 Å². The largest absolute Gasteiger partial charge is 0.497 e. The second-order valence-corrected chi connectivity index (χ2v) is 8.05. The highest BCUT2D eigenvalue weighted by Crippen LogP contribution is 2.25. The van der Waals surface area contributed by atoms with Gasteiger partial charge in [0.2, 0.25) is 11.7 Å². The number of aromatic nitrogens is 1. The van der Waals surface area contributed by atoms with Gasteiger partial charge >= 0.3 is 0 Å². The Balaban J connectivity index is 1.44. The summed E-state index contributed by atoms with van der Waals surface area (Å²) in [6.45, 7) is 3.18. The van der Waals surface area contributed by atoms with E-state index in [9.17, 15) is 14.4 Å². The predicted octanol–water partition coefficient (Wildman–Crippen LogP) is 0.291. The number of fused-ring (bicyclic) bond motifs is 1. The summed E-state index contributed by atoms with van der Waals surface area (Å²) in [5.41, 5.74) is 0.361. The smallest absolute Gasteiger partial charge is 0.293 e. The highest BCUT2D eigenvalue weighted by Gasteiger charge is 2.25. The number of methoxy groups -OCH3 is 1. The number of carbonyl (C=O) groups is 3. The van der Waals surface area contributed by atoms with E-state index in [1.54, 1.807) is 24.3 Å². The van der Waals surface area contributed by atoms with Crippen LogP contribution in [0.5, 0.6) is 11.5 Å². The lowest BCUT2D eigenvalue weighted by Gasteiger charge is -2.25. The molecule has 0 saturated carbocycles. The third-order valence-electron chi connectivity index (χ3n) is 5.67. The number of nitrogens with zero attached hydrogens (tertiary/aromatic N) is 3. The van der Waals surface area contributed by atoms with Crippen LogP contribution in [0, 0.1) is 0 Å². The van der Waals surface area contributed by atoms with Crippen molar-refractivity contribution in [3.8, 4) is 11.5 Å². The second-order valence-electron chi connectivity index (χ2n) is 8.05. The predicted molar refractivity (Wildman–Crippen MR) is 124 cm³/mol. The van der Waals surface area contributed by atoms with Crippen molar-refractivity contribution >= 4 is 23.5 Å². The molecule has 2 aliphatic rings. The quantitative estimate of drug-likeness (QED) is 0.626. The lowest BCUT2D eigenvalue weighted by atomic mass is 10.1. The molecule has 3 heterocycles. The molecule has 3 amide bonds. The van der Waals surface area contributed by atoms with E-state index >= 15 is 0 Å². The molecule has 0 bridgehead atoms. The summed E-state index contributed by atoms with van der Waals surface area (Å²) < 4.78 is 21.6. The van der Waals surface area contributed by atoms with Gasteiger partial charge in [0, 0.05) is 38.3 Å². The van der Waals surface area contributed by atoms with E-state index in [-0.39, 0.29) is 43.8 Å². The molecular formula is C23H29N5O7. The molecule has 1 saturated heterocycles. The van der Waals surface area contributed by atoms with Crippen LogP contribution in [0.25, 0.3) is 0 Å². The Morgan fingerprint density at radius 1 is 1.06 bits per heavy atom. The van der Waals surface area contributed by atoms with Gasteiger partial charge in [0.15, 0.2) is 5.82 Å². The van der Waals surface area contributed by atoms with E-state index < -0.39 is 5.91 Å². The zero-order valence-corrected chi connectivity index (χ0v) is 19.6. The van der Waals surface area contributed by atoms with Gasteiger partial charge in [0.1, 0.15) is 18.1 Å². The number of morpholine rings is 1. The first kappa shape index (κ1) is 24.3. The van der Waals surface area contributed by atoms with Crippen LogP contribution in [-0.2, 0) is 9.53 Å². The van der Waals surface area contributed by atoms with Gasteiger partial charge in [-0.3, -0.25) is 14.4 Å². The average molecular weight is 488 g/mol. The molecule has 4 rings (SSSR count). The zero-order valence-electron chi connectivity index (χ0n) is 19.6. The molecule has 1 fully saturated rings. The molecule has 0 atom stereocenters. The fraction of sp³-hybridized carbons (Fsp3) is 0.478. The molecule has 12 heteroatoms. The molecule has 1 aromatic carbocycles. The maximum Gasteiger partial charge on any atom is 0.293 e. The number of ether oxygens (including phenoxy) is 3. The molecule has 2 aromatic rings. The molecule has 0 unspecified atom stereocenters. The number of carbonyl (C=O) groups excluding carboxylic acids is 3. The normalized spacial score (nSPS) is 18.0. The number of hydrogen-bond donors (Lipinski definition) is 2. The van der Waals surface area contributed by atoms with Crippen molar-refractivity contribution in [1.29, 1.82) is 0 Å². The highest BCUT2D eigenvalue weighted by atomic mass is 16.5. The SMILES string of the molecule is COc1ccc2c(c1)OCCNC(=O)CN(C(=O)c1cc(N3CCOCC3)no1)CCCNC2=O. The number of hydrogen-bond acceptors (Lipinski definition) is 9. The van der Waals surface area contributed by atoms with E-state index in [0.29, 0.717) is 62.1 Å². The van der Waals surface area contributed by atoms with Crippen molar-refractivity contribution < 1.29 is 33.1 Å². The van der Waals surface area contributed by atoms with Crippen LogP contribution in [0.1, 0.15) is 27.3 Å². The van der Waals surface area contributed by atoms with Gasteiger partial charge in [0.25, 0.3) is 11.8 Å². The monoisotopic (exact) mass is 487 g/mol. The molecule has 35 heavy (non-hydrogen) atoms. The van der Waals surface area contributed by atoms with Crippen LogP contribution in [-0.4, -0.2) is 94.0 Å². The van der Waals surface area contributed by atoms with Crippen molar-refractivity contribution in [2.45, 2.75) is 6.42 Å². The number of rotatable bonds is 3. The number of nitrogens with one attached hydrogen (secondary N) is 2. The van der Waals surface area contributed by atoms with E-state index in [2.05, 4.69) is 15.8 Å². The molecule has 1 aromatic heterocycles. The van der Waals surface area contributed by atoms with Crippen LogP contribution in [0.15, 0.2) is 28.8 Å². The van der Waals surface area contributed by atoms with Crippen LogP contribution < -0.4 is 25.0 Å². The van der Waals surface area contributed by atoms with Gasteiger partial charge < -0.3 is 39.2 Å². The first-order valence-corrected chi connectivity index (χ1v) is 11.5. The Kier molecular flexibility index (Phi) is 8.03. The Morgan fingerprint density at radius 2 is 1.89 bits per heavy atom. The minimum Gasteiger partial charge on any atom is -0.497 e. The van der Waals surface area contributed by atoms with E-state index in [1.807, 2.05) is 4.90 Å². The first-order chi connectivity index (χ1) is 17.0. The van der Waals surface area contributed by atoms with Gasteiger partial charge in [-0.05, 0) is 18.6 Å². The van der Waals surface area contributed by atoms with Crippen LogP contribution in [0.3, 0.4) is 0 Å². The Morgan fingerprint density at radius 3 is 2.69 bits per heavy atom. The topological polar surface area (TPSA) is 135 Å². The van der Waals surface area contributed by atoms with Crippen LogP contribution in [0.4, 0.5) is 5.82 Å². The lowest BCUT2D eigenvalue weighted by Crippen LogP contribution is -2.43. The Bertz CT molecular complexity index is 1050. The number of anilines is 1. The summed E-state index contributed by atoms with van der Waals surface area (Å²) in [6.07, 6.45) is 0.432. The molecule has 0 radical (unpaired) electrons. The van der Waals surface area contributed by atoms with Crippen molar-refractivity contribution in [1.82, 2.24) is 20.7 Å². The van der Waals surface area contributed by atoms with Crippen molar-refractivity contribution in [2.24, 2.45) is 0 Å². The van der Waals surface area contributed by atoms with E-state index in [4.69, 9.17) is 18.7 Å². The minimum absolute atomic E-state index is 0.0515. The summed E-state index contributed by atoms with van der Waals surface area (Å²) in [7, 11) is 1.53. The molecule has 0 aliphatic carbocycles. The molecule has 188 valence electrons. The minimum atomic E-state index is -0.445. The average Bonchev–Trinajstić information content (AvgIpc) is 3.38. The first-order valence-electron chi connectivity index (χ1n) is 11.5. The van der Waals surface area contributed by atoms with Gasteiger partial charge in [-0.25, -0.2) is 0 Å². The zero-order chi connectivity index (χ0) is 24.6. The Labute approximate surface area is 202 Å². The molecule has 2 N–H and O–H groups in total. The van der Waals surface area contributed by atoms with Gasteiger partial charge in [0.05, 0.1) is 39.0 Å². The van der Waals surface area contributed by atoms with Gasteiger partial charge in [-0.1, -0.05) is 5.16 Å². The molecular weight excluding hydrogens is 458 g/mol. The van der Waals surface area contributed by atoms with Crippen molar-refractivity contribution in [2.75, 3.05) is 71.1 Å². The molecule has 2 aliphatic heterocycles. The fourth-order valence-electron chi connectivity index (χ4n) is 3.80. The maximum absolute atomic E-state index is 13.1. The third-order valence-corrected chi connectivity index (χ3v) is 5.67. The molecule has 0 spiro atoms. The van der Waals surface area contributed by atoms with Crippen LogP contribution in [0.2, 0.25) is 0 Å². The fourth-order valence-corrected chi connectivity index (χ4v) is 3.80. The lowest BCUT2D eigenvalue weighted by molar-refractivity contribution is -0.121. The summed E-state index contributed by atoms with van der Waals surface area (Å²) in [5, 5.41) is 9.59. The summed E-state index contributed by atoms with van der Waals surface area (Å²) in [5.74, 6) is 0.457. The van der Waals surface area contributed by atoms with E-state index in [0.717, 1.165) is 0 Å². The van der Waals surface area contributed by atoms with E-state index in [1.165, 1.54) is 12.0 Å². The Hall–Kier alpha value is -3.80. The second kappa shape index (κ2) is 11.6. The molecule has 12 nitrogen and oxygen atoms in total. The van der Waals surface area contributed by atoms with Crippen molar-refractivity contribution in [3.05, 3.63) is 35.6 Å². The highest BCUT2D eigenvalue weighted by molar-refractivity contribution is 5.97. The summed E-state index contributed by atoms with van der Waals surface area (Å²) in [6, 6.07) is 6.51. The van der Waals surface area contributed by atoms with Crippen LogP contribution >= 0.6 is 0 Å². The number of benzene rings is 1. The van der Waals surface area contributed by atoms with Gasteiger partial charge in [-0.2, -0.15) is 0 Å². The summed E-state index contributed by atoms with van der Waals surface area (Å²) >= 11 is 0. The standard InChI is InChI=1S/C23H29N5O7/c1-32-16-3-4-17-18(13-16)34-10-6-24-21(29)15-28(7-2-5-25-22(17)30)23(31)19-14-20(26-35-19)27-8-11-33-12-9-27/h3-4,13-14H,2,5-12,15H2,1H3,(H,24,29)(H,25,30).